The summed E-state index contributed by atoms with van der Waals surface area (Å²) in [6, 6.07) is 20.5. The summed E-state index contributed by atoms with van der Waals surface area (Å²) in [4.78, 5) is 0. The lowest BCUT2D eigenvalue weighted by Crippen LogP contribution is -1.96. The van der Waals surface area contributed by atoms with Gasteiger partial charge in [-0.2, -0.15) is 0 Å². The summed E-state index contributed by atoms with van der Waals surface area (Å²) in [6.07, 6.45) is 7.26. The molecular weight excluding hydrogens is 348 g/mol. The number of benzene rings is 3. The minimum Gasteiger partial charge on any atom is -0.115 e. The van der Waals surface area contributed by atoms with Gasteiger partial charge in [0.05, 0.1) is 0 Å². The maximum atomic E-state index is 5.42. The van der Waals surface area contributed by atoms with Crippen molar-refractivity contribution >= 4 is 0 Å². The molecule has 0 nitrogen and oxygen atoms in total. The number of terminal acetylenes is 1. The molecule has 140 valence electrons. The van der Waals surface area contributed by atoms with E-state index in [1.54, 1.807) is 0 Å². The van der Waals surface area contributed by atoms with Gasteiger partial charge in [-0.15, -0.1) is 6.42 Å². The molecule has 0 aliphatic heterocycles. The highest BCUT2D eigenvalue weighted by molar-refractivity contribution is 5.55. The molecule has 3 aromatic rings. The zero-order valence-corrected chi connectivity index (χ0v) is 17.3. The van der Waals surface area contributed by atoms with Crippen molar-refractivity contribution in [3.63, 3.8) is 0 Å². The SMILES string of the molecule is C#Cc1ccc(C#Cc2cc(CC)c(C#Cc3cccc(C)c3)cc2CC)cc1. The van der Waals surface area contributed by atoms with Gasteiger partial charge in [-0.05, 0) is 85.0 Å². The van der Waals surface area contributed by atoms with Crippen LogP contribution in [0, 0.1) is 42.9 Å². The molecule has 0 atom stereocenters. The first-order valence-electron chi connectivity index (χ1n) is 9.96. The molecule has 0 unspecified atom stereocenters. The fraction of sp³-hybridized carbons (Fsp3) is 0.172. The largest absolute Gasteiger partial charge is 0.115 e. The Morgan fingerprint density at radius 3 is 1.72 bits per heavy atom. The first kappa shape index (κ1) is 20.1. The monoisotopic (exact) mass is 372 g/mol. The Kier molecular flexibility index (Phi) is 6.59. The van der Waals surface area contributed by atoms with Gasteiger partial charge < -0.3 is 0 Å². The Balaban J connectivity index is 1.97. The maximum absolute atomic E-state index is 5.42. The van der Waals surface area contributed by atoms with Crippen molar-refractivity contribution < 1.29 is 0 Å². The fourth-order valence-corrected chi connectivity index (χ4v) is 3.16. The van der Waals surface area contributed by atoms with Gasteiger partial charge in [-0.25, -0.2) is 0 Å². The fourth-order valence-electron chi connectivity index (χ4n) is 3.16. The van der Waals surface area contributed by atoms with Gasteiger partial charge in [0.1, 0.15) is 0 Å². The van der Waals surface area contributed by atoms with Crippen molar-refractivity contribution in [3.8, 4) is 36.0 Å². The van der Waals surface area contributed by atoms with Crippen molar-refractivity contribution in [1.29, 1.82) is 0 Å². The lowest BCUT2D eigenvalue weighted by Gasteiger charge is -2.08. The molecule has 0 N–H and O–H groups in total. The second kappa shape index (κ2) is 9.51. The Morgan fingerprint density at radius 2 is 1.21 bits per heavy atom. The lowest BCUT2D eigenvalue weighted by molar-refractivity contribution is 1.08. The van der Waals surface area contributed by atoms with Crippen LogP contribution in [-0.2, 0) is 12.8 Å². The molecule has 29 heavy (non-hydrogen) atoms. The van der Waals surface area contributed by atoms with E-state index in [0.717, 1.165) is 40.7 Å². The number of rotatable bonds is 2. The van der Waals surface area contributed by atoms with Gasteiger partial charge in [0.2, 0.25) is 0 Å². The van der Waals surface area contributed by atoms with Crippen LogP contribution in [0.1, 0.15) is 58.4 Å². The molecule has 0 bridgehead atoms. The topological polar surface area (TPSA) is 0 Å². The Morgan fingerprint density at radius 1 is 0.655 bits per heavy atom. The highest BCUT2D eigenvalue weighted by Crippen LogP contribution is 2.18. The standard InChI is InChI=1S/C29H24/c1-5-23-11-13-24(14-12-23)15-17-28-20-27(7-3)29(21-26(28)6-2)18-16-25-10-8-9-22(4)19-25/h1,8-14,19-21H,6-7H2,2-4H3. The first-order valence-corrected chi connectivity index (χ1v) is 9.96. The summed E-state index contributed by atoms with van der Waals surface area (Å²) in [5.74, 6) is 15.9. The van der Waals surface area contributed by atoms with Crippen molar-refractivity contribution in [2.24, 2.45) is 0 Å². The average Bonchev–Trinajstić information content (AvgIpc) is 2.76. The Hall–Kier alpha value is -3.66. The van der Waals surface area contributed by atoms with Crippen molar-refractivity contribution in [1.82, 2.24) is 0 Å². The molecule has 0 aliphatic carbocycles. The van der Waals surface area contributed by atoms with E-state index in [2.05, 4.69) is 80.7 Å². The minimum atomic E-state index is 0.870. The van der Waals surface area contributed by atoms with Crippen molar-refractivity contribution in [2.45, 2.75) is 33.6 Å². The molecule has 0 aromatic heterocycles. The molecule has 0 aliphatic rings. The van der Waals surface area contributed by atoms with Gasteiger partial charge in [0, 0.05) is 27.8 Å². The maximum Gasteiger partial charge on any atom is 0.0284 e. The molecule has 3 aromatic carbocycles. The van der Waals surface area contributed by atoms with Crippen LogP contribution in [-0.4, -0.2) is 0 Å². The zero-order valence-electron chi connectivity index (χ0n) is 17.3. The van der Waals surface area contributed by atoms with Crippen LogP contribution in [0.2, 0.25) is 0 Å². The second-order valence-corrected chi connectivity index (χ2v) is 6.96. The van der Waals surface area contributed by atoms with E-state index in [1.165, 1.54) is 16.7 Å². The summed E-state index contributed by atoms with van der Waals surface area (Å²) in [5.41, 5.74) is 8.73. The van der Waals surface area contributed by atoms with E-state index in [9.17, 15) is 0 Å². The van der Waals surface area contributed by atoms with Crippen LogP contribution in [0.3, 0.4) is 0 Å². The van der Waals surface area contributed by atoms with E-state index in [1.807, 2.05) is 30.3 Å². The summed E-state index contributed by atoms with van der Waals surface area (Å²) in [5, 5.41) is 0. The first-order chi connectivity index (χ1) is 14.1. The van der Waals surface area contributed by atoms with Crippen LogP contribution < -0.4 is 0 Å². The van der Waals surface area contributed by atoms with E-state index < -0.39 is 0 Å². The molecule has 0 saturated heterocycles. The van der Waals surface area contributed by atoms with E-state index in [0.29, 0.717) is 0 Å². The van der Waals surface area contributed by atoms with Crippen LogP contribution >= 0.6 is 0 Å². The van der Waals surface area contributed by atoms with E-state index in [-0.39, 0.29) is 0 Å². The van der Waals surface area contributed by atoms with Gasteiger partial charge in [-0.1, -0.05) is 55.6 Å². The quantitative estimate of drug-likeness (QED) is 0.491. The van der Waals surface area contributed by atoms with Crippen molar-refractivity contribution in [2.75, 3.05) is 0 Å². The lowest BCUT2D eigenvalue weighted by atomic mass is 9.95. The molecule has 0 radical (unpaired) electrons. The molecule has 3 rings (SSSR count). The van der Waals surface area contributed by atoms with Gasteiger partial charge in [0.25, 0.3) is 0 Å². The Labute approximate surface area is 175 Å². The highest BCUT2D eigenvalue weighted by Gasteiger charge is 2.05. The third-order valence-corrected chi connectivity index (χ3v) is 4.84. The third kappa shape index (κ3) is 5.20. The number of aryl methyl sites for hydroxylation is 3. The van der Waals surface area contributed by atoms with Crippen molar-refractivity contribution in [3.05, 3.63) is 105 Å². The smallest absolute Gasteiger partial charge is 0.0284 e. The Bertz CT molecular complexity index is 1180. The second-order valence-electron chi connectivity index (χ2n) is 6.96. The predicted molar refractivity (Wildman–Crippen MR) is 123 cm³/mol. The third-order valence-electron chi connectivity index (χ3n) is 4.84. The molecule has 0 fully saturated rings. The van der Waals surface area contributed by atoms with Gasteiger partial charge in [-0.3, -0.25) is 0 Å². The van der Waals surface area contributed by atoms with Crippen LogP contribution in [0.15, 0.2) is 60.7 Å². The van der Waals surface area contributed by atoms with Crippen LogP contribution in [0.5, 0.6) is 0 Å². The zero-order chi connectivity index (χ0) is 20.6. The molecule has 0 saturated carbocycles. The molecular formula is C29H24. The summed E-state index contributed by atoms with van der Waals surface area (Å²) in [6.45, 7) is 6.41. The van der Waals surface area contributed by atoms with Gasteiger partial charge in [0.15, 0.2) is 0 Å². The number of hydrogen-bond acceptors (Lipinski definition) is 0. The molecule has 0 amide bonds. The predicted octanol–water partition coefficient (Wildman–Crippen LogP) is 5.90. The van der Waals surface area contributed by atoms with E-state index >= 15 is 0 Å². The minimum absolute atomic E-state index is 0.870. The highest BCUT2D eigenvalue weighted by atomic mass is 14.1. The summed E-state index contributed by atoms with van der Waals surface area (Å²) >= 11 is 0. The molecule has 0 spiro atoms. The van der Waals surface area contributed by atoms with Gasteiger partial charge >= 0.3 is 0 Å². The average molecular weight is 373 g/mol. The molecule has 0 heteroatoms. The van der Waals surface area contributed by atoms with Crippen LogP contribution in [0.4, 0.5) is 0 Å². The normalized spacial score (nSPS) is 9.59. The number of hydrogen-bond donors (Lipinski definition) is 0. The van der Waals surface area contributed by atoms with Crippen LogP contribution in [0.25, 0.3) is 0 Å². The van der Waals surface area contributed by atoms with E-state index in [4.69, 9.17) is 6.42 Å². The summed E-state index contributed by atoms with van der Waals surface area (Å²) < 4.78 is 0. The molecule has 0 heterocycles. The summed E-state index contributed by atoms with van der Waals surface area (Å²) in [7, 11) is 0.